The lowest BCUT2D eigenvalue weighted by atomic mass is 9.47. The van der Waals surface area contributed by atoms with Crippen LogP contribution in [-0.2, 0) is 10.8 Å². The molecule has 0 radical (unpaired) electrons. The highest BCUT2D eigenvalue weighted by molar-refractivity contribution is 5.62. The zero-order chi connectivity index (χ0) is 29.8. The van der Waals surface area contributed by atoms with Crippen LogP contribution in [0.25, 0.3) is 0 Å². The molecule has 4 nitrogen and oxygen atoms in total. The Balaban J connectivity index is 1.26. The van der Waals surface area contributed by atoms with Gasteiger partial charge >= 0.3 is 0 Å². The average molecular weight is 589 g/mol. The third-order valence-electron chi connectivity index (χ3n) is 13.3. The third kappa shape index (κ3) is 4.30. The molecule has 4 N–H and O–H groups in total. The predicted octanol–water partition coefficient (Wildman–Crippen LogP) is 9.99. The summed E-state index contributed by atoms with van der Waals surface area (Å²) in [5, 5.41) is 0. The summed E-state index contributed by atoms with van der Waals surface area (Å²) >= 11 is 0. The summed E-state index contributed by atoms with van der Waals surface area (Å²) < 4.78 is 14.3. The van der Waals surface area contributed by atoms with Crippen molar-refractivity contribution in [2.75, 3.05) is 11.5 Å². The standard InChI is InChI=1S/C40H48N2O2/c1-23-3-5-31(15-35(23)41)43-37-33(39-17-25-9-26(18-39)11-27(10-25)19-39)7-8-34(38(37)44-32-6-4-24(2)36(42)16-32)40-20-28-12-29(21-40)14-30(13-28)22-40/h3-8,15-16,25-30H,9-14,17-22,41-42H2,1-2H3. The maximum absolute atomic E-state index is 7.16. The third-order valence-corrected chi connectivity index (χ3v) is 13.3. The molecular formula is C40H48N2O2. The summed E-state index contributed by atoms with van der Waals surface area (Å²) in [5.41, 5.74) is 19.7. The smallest absolute Gasteiger partial charge is 0.173 e. The molecule has 11 rings (SSSR count). The van der Waals surface area contributed by atoms with E-state index in [1.807, 2.05) is 12.1 Å². The van der Waals surface area contributed by atoms with Crippen LogP contribution in [0.15, 0.2) is 48.5 Å². The quantitative estimate of drug-likeness (QED) is 0.281. The number of rotatable bonds is 6. The van der Waals surface area contributed by atoms with E-state index in [-0.39, 0.29) is 10.8 Å². The number of aryl methyl sites for hydroxylation is 2. The molecule has 0 unspecified atom stereocenters. The summed E-state index contributed by atoms with van der Waals surface area (Å²) in [6, 6.07) is 17.3. The summed E-state index contributed by atoms with van der Waals surface area (Å²) in [5.74, 6) is 8.54. The van der Waals surface area contributed by atoms with E-state index in [9.17, 15) is 0 Å². The monoisotopic (exact) mass is 588 g/mol. The largest absolute Gasteiger partial charge is 0.453 e. The van der Waals surface area contributed by atoms with E-state index < -0.39 is 0 Å². The van der Waals surface area contributed by atoms with Gasteiger partial charge in [0.25, 0.3) is 0 Å². The van der Waals surface area contributed by atoms with Crippen LogP contribution in [0.1, 0.15) is 99.3 Å². The fraction of sp³-hybridized carbons (Fsp3) is 0.550. The maximum Gasteiger partial charge on any atom is 0.173 e. The van der Waals surface area contributed by atoms with Crippen molar-refractivity contribution in [1.82, 2.24) is 0 Å². The van der Waals surface area contributed by atoms with Gasteiger partial charge in [-0.05, 0) is 160 Å². The van der Waals surface area contributed by atoms with E-state index in [0.29, 0.717) is 0 Å². The molecule has 44 heavy (non-hydrogen) atoms. The Labute approximate surface area is 262 Å². The van der Waals surface area contributed by atoms with Crippen molar-refractivity contribution in [2.24, 2.45) is 35.5 Å². The Bertz CT molecular complexity index is 1450. The molecule has 0 saturated heterocycles. The molecule has 8 aliphatic rings. The van der Waals surface area contributed by atoms with E-state index in [0.717, 1.165) is 81.0 Å². The van der Waals surface area contributed by atoms with E-state index in [1.165, 1.54) is 88.2 Å². The van der Waals surface area contributed by atoms with Gasteiger partial charge in [0.1, 0.15) is 11.5 Å². The normalized spacial score (nSPS) is 36.1. The summed E-state index contributed by atoms with van der Waals surface area (Å²) in [6.07, 6.45) is 16.2. The second-order valence-electron chi connectivity index (χ2n) is 16.5. The van der Waals surface area contributed by atoms with Crippen molar-refractivity contribution in [2.45, 2.75) is 102 Å². The van der Waals surface area contributed by atoms with E-state index in [4.69, 9.17) is 20.9 Å². The highest BCUT2D eigenvalue weighted by Gasteiger charge is 2.55. The van der Waals surface area contributed by atoms with Gasteiger partial charge < -0.3 is 20.9 Å². The first-order valence-corrected chi connectivity index (χ1v) is 17.5. The molecule has 4 heteroatoms. The Morgan fingerprint density at radius 2 is 0.818 bits per heavy atom. The zero-order valence-corrected chi connectivity index (χ0v) is 26.5. The molecule has 3 aromatic carbocycles. The van der Waals surface area contributed by atoms with Crippen LogP contribution in [0, 0.1) is 49.4 Å². The van der Waals surface area contributed by atoms with Crippen molar-refractivity contribution in [3.63, 3.8) is 0 Å². The van der Waals surface area contributed by atoms with Gasteiger partial charge in [0.2, 0.25) is 0 Å². The molecular weight excluding hydrogens is 540 g/mol. The van der Waals surface area contributed by atoms with Gasteiger partial charge in [-0.15, -0.1) is 0 Å². The van der Waals surface area contributed by atoms with Gasteiger partial charge in [-0.2, -0.15) is 0 Å². The molecule has 0 spiro atoms. The fourth-order valence-electron chi connectivity index (χ4n) is 12.1. The second-order valence-corrected chi connectivity index (χ2v) is 16.5. The van der Waals surface area contributed by atoms with E-state index in [2.05, 4.69) is 50.2 Å². The molecule has 0 amide bonds. The van der Waals surface area contributed by atoms with Crippen molar-refractivity contribution in [3.05, 3.63) is 70.8 Å². The first kappa shape index (κ1) is 27.2. The minimum Gasteiger partial charge on any atom is -0.453 e. The molecule has 0 atom stereocenters. The van der Waals surface area contributed by atoms with E-state index in [1.54, 1.807) is 0 Å². The molecule has 3 aromatic rings. The fourth-order valence-corrected chi connectivity index (χ4v) is 12.1. The van der Waals surface area contributed by atoms with E-state index >= 15 is 0 Å². The van der Waals surface area contributed by atoms with Crippen LogP contribution in [0.3, 0.4) is 0 Å². The first-order valence-electron chi connectivity index (χ1n) is 17.5. The van der Waals surface area contributed by atoms with Gasteiger partial charge in [-0.1, -0.05) is 24.3 Å². The van der Waals surface area contributed by atoms with Crippen LogP contribution in [0.5, 0.6) is 23.0 Å². The Morgan fingerprint density at radius 1 is 0.500 bits per heavy atom. The molecule has 8 fully saturated rings. The lowest BCUT2D eigenvalue weighted by molar-refractivity contribution is -0.00832. The minimum atomic E-state index is 0.157. The van der Waals surface area contributed by atoms with Crippen molar-refractivity contribution >= 4 is 11.4 Å². The summed E-state index contributed by atoms with van der Waals surface area (Å²) in [7, 11) is 0. The number of nitrogen functional groups attached to an aromatic ring is 2. The molecule has 8 aliphatic carbocycles. The van der Waals surface area contributed by atoms with Crippen molar-refractivity contribution in [1.29, 1.82) is 0 Å². The van der Waals surface area contributed by atoms with Gasteiger partial charge in [0.05, 0.1) is 0 Å². The SMILES string of the molecule is Cc1ccc(Oc2c(C34CC5CC(CC(C5)C3)C4)ccc(C34CC5CC(CC(C5)C3)C4)c2Oc2ccc(C)c(N)c2)cc1N. The number of nitrogens with two attached hydrogens (primary N) is 2. The van der Waals surface area contributed by atoms with Gasteiger partial charge in [0.15, 0.2) is 11.5 Å². The molecule has 8 saturated carbocycles. The van der Waals surface area contributed by atoms with Crippen LogP contribution < -0.4 is 20.9 Å². The molecule has 0 aromatic heterocycles. The highest BCUT2D eigenvalue weighted by atomic mass is 16.5. The van der Waals surface area contributed by atoms with Crippen molar-refractivity contribution in [3.8, 4) is 23.0 Å². The average Bonchev–Trinajstić information content (AvgIpc) is 2.96. The molecule has 0 heterocycles. The molecule has 230 valence electrons. The Morgan fingerprint density at radius 3 is 1.11 bits per heavy atom. The second kappa shape index (κ2) is 9.68. The number of hydrogen-bond donors (Lipinski definition) is 2. The van der Waals surface area contributed by atoms with Crippen LogP contribution in [0.4, 0.5) is 11.4 Å². The van der Waals surface area contributed by atoms with Crippen LogP contribution in [-0.4, -0.2) is 0 Å². The van der Waals surface area contributed by atoms with Crippen LogP contribution >= 0.6 is 0 Å². The summed E-state index contributed by atoms with van der Waals surface area (Å²) in [6.45, 7) is 4.12. The van der Waals surface area contributed by atoms with Gasteiger partial charge in [0, 0.05) is 34.6 Å². The zero-order valence-electron chi connectivity index (χ0n) is 26.5. The predicted molar refractivity (Wildman–Crippen MR) is 177 cm³/mol. The topological polar surface area (TPSA) is 70.5 Å². The summed E-state index contributed by atoms with van der Waals surface area (Å²) in [4.78, 5) is 0. The lowest BCUT2D eigenvalue weighted by Gasteiger charge is -2.58. The Kier molecular flexibility index (Phi) is 5.98. The van der Waals surface area contributed by atoms with Crippen LogP contribution in [0.2, 0.25) is 0 Å². The highest BCUT2D eigenvalue weighted by Crippen LogP contribution is 2.66. The molecule has 0 aliphatic heterocycles. The van der Waals surface area contributed by atoms with Crippen molar-refractivity contribution < 1.29 is 9.47 Å². The maximum atomic E-state index is 7.16. The van der Waals surface area contributed by atoms with Gasteiger partial charge in [-0.25, -0.2) is 0 Å². The lowest BCUT2D eigenvalue weighted by Crippen LogP contribution is -2.49. The number of anilines is 2. The number of benzene rings is 3. The Hall–Kier alpha value is -3.14. The molecule has 8 bridgehead atoms. The van der Waals surface area contributed by atoms with Gasteiger partial charge in [-0.3, -0.25) is 0 Å². The number of hydrogen-bond acceptors (Lipinski definition) is 4. The minimum absolute atomic E-state index is 0.157. The first-order chi connectivity index (χ1) is 21.2. The number of ether oxygens (including phenoxy) is 2.